The van der Waals surface area contributed by atoms with Crippen molar-refractivity contribution in [1.29, 1.82) is 0 Å². The molecule has 0 N–H and O–H groups in total. The predicted molar refractivity (Wildman–Crippen MR) is 123 cm³/mol. The van der Waals surface area contributed by atoms with Crippen LogP contribution in [0.1, 0.15) is 28.8 Å². The number of amides is 1. The molecule has 8 heteroatoms. The highest BCUT2D eigenvalue weighted by molar-refractivity contribution is 7.20. The van der Waals surface area contributed by atoms with E-state index in [0.717, 1.165) is 15.8 Å². The van der Waals surface area contributed by atoms with E-state index in [1.807, 2.05) is 25.1 Å². The molecule has 1 fully saturated rings. The van der Waals surface area contributed by atoms with E-state index in [-0.39, 0.29) is 17.6 Å². The summed E-state index contributed by atoms with van der Waals surface area (Å²) in [6.45, 7) is 3.04. The van der Waals surface area contributed by atoms with Gasteiger partial charge in [0.25, 0.3) is 11.1 Å². The summed E-state index contributed by atoms with van der Waals surface area (Å²) in [5.74, 6) is 0.138. The second kappa shape index (κ2) is 8.27. The molecule has 4 aromatic rings. The number of hydrogen-bond donors (Lipinski definition) is 0. The number of aryl methyl sites for hydroxylation is 1. The molecular weight excluding hydrogens is 428 g/mol. The van der Waals surface area contributed by atoms with Gasteiger partial charge >= 0.3 is 5.63 Å². The van der Waals surface area contributed by atoms with Crippen molar-refractivity contribution in [1.82, 2.24) is 9.88 Å². The summed E-state index contributed by atoms with van der Waals surface area (Å²) in [5.41, 5.74) is 1.82. The SMILES string of the molecule is COc1cccc2cc(C(=O)N3CCC(Oc4nc5c(C)cccc5s4)CC3)c(=O)oc12. The lowest BCUT2D eigenvalue weighted by Crippen LogP contribution is -2.43. The first-order chi connectivity index (χ1) is 15.5. The topological polar surface area (TPSA) is 81.9 Å². The molecule has 0 atom stereocenters. The Bertz CT molecular complexity index is 1370. The van der Waals surface area contributed by atoms with E-state index in [9.17, 15) is 9.59 Å². The third-order valence-corrected chi connectivity index (χ3v) is 6.68. The second-order valence-corrected chi connectivity index (χ2v) is 8.83. The minimum Gasteiger partial charge on any atom is -0.493 e. The van der Waals surface area contributed by atoms with Crippen LogP contribution in [0.15, 0.2) is 51.7 Å². The third kappa shape index (κ3) is 3.71. The van der Waals surface area contributed by atoms with Crippen LogP contribution in [0.5, 0.6) is 10.9 Å². The zero-order valence-electron chi connectivity index (χ0n) is 17.8. The number of nitrogens with zero attached hydrogens (tertiary/aromatic N) is 2. The Labute approximate surface area is 188 Å². The Morgan fingerprint density at radius 3 is 2.72 bits per heavy atom. The van der Waals surface area contributed by atoms with E-state index < -0.39 is 5.63 Å². The lowest BCUT2D eigenvalue weighted by atomic mass is 10.1. The largest absolute Gasteiger partial charge is 0.493 e. The number of benzene rings is 2. The Kier molecular flexibility index (Phi) is 5.30. The van der Waals surface area contributed by atoms with Gasteiger partial charge in [-0.1, -0.05) is 35.6 Å². The van der Waals surface area contributed by atoms with E-state index in [1.165, 1.54) is 18.4 Å². The molecule has 164 valence electrons. The van der Waals surface area contributed by atoms with Crippen molar-refractivity contribution in [2.45, 2.75) is 25.9 Å². The first-order valence-electron chi connectivity index (χ1n) is 10.5. The van der Waals surface area contributed by atoms with Gasteiger partial charge in [-0.2, -0.15) is 0 Å². The lowest BCUT2D eigenvalue weighted by Gasteiger charge is -2.31. The first-order valence-corrected chi connectivity index (χ1v) is 11.3. The molecule has 1 amide bonds. The fourth-order valence-electron chi connectivity index (χ4n) is 4.03. The summed E-state index contributed by atoms with van der Waals surface area (Å²) in [5, 5.41) is 1.31. The van der Waals surface area contributed by atoms with Gasteiger partial charge in [0.2, 0.25) is 0 Å². The van der Waals surface area contributed by atoms with Gasteiger partial charge in [0.15, 0.2) is 11.3 Å². The first kappa shape index (κ1) is 20.5. The van der Waals surface area contributed by atoms with Crippen LogP contribution in [0.4, 0.5) is 0 Å². The molecule has 5 rings (SSSR count). The van der Waals surface area contributed by atoms with Crippen molar-refractivity contribution >= 4 is 38.4 Å². The minimum atomic E-state index is -0.657. The van der Waals surface area contributed by atoms with Gasteiger partial charge in [-0.25, -0.2) is 9.78 Å². The number of hydrogen-bond acceptors (Lipinski definition) is 7. The van der Waals surface area contributed by atoms with Crippen molar-refractivity contribution in [2.75, 3.05) is 20.2 Å². The van der Waals surface area contributed by atoms with Crippen LogP contribution in [-0.2, 0) is 0 Å². The molecule has 0 saturated carbocycles. The average Bonchev–Trinajstić information content (AvgIpc) is 3.22. The van der Waals surface area contributed by atoms with Gasteiger partial charge in [-0.3, -0.25) is 4.79 Å². The molecule has 1 aliphatic rings. The van der Waals surface area contributed by atoms with Gasteiger partial charge in [-0.15, -0.1) is 0 Å². The Morgan fingerprint density at radius 1 is 1.19 bits per heavy atom. The number of aromatic nitrogens is 1. The molecule has 0 aliphatic carbocycles. The molecule has 7 nitrogen and oxygen atoms in total. The van der Waals surface area contributed by atoms with Gasteiger partial charge in [-0.05, 0) is 30.7 Å². The highest BCUT2D eigenvalue weighted by Crippen LogP contribution is 2.31. The van der Waals surface area contributed by atoms with Crippen LogP contribution < -0.4 is 15.1 Å². The summed E-state index contributed by atoms with van der Waals surface area (Å²) in [4.78, 5) is 31.8. The van der Waals surface area contributed by atoms with E-state index in [0.29, 0.717) is 47.8 Å². The van der Waals surface area contributed by atoms with Crippen LogP contribution in [0.25, 0.3) is 21.2 Å². The molecule has 32 heavy (non-hydrogen) atoms. The van der Waals surface area contributed by atoms with Crippen molar-refractivity contribution in [3.8, 4) is 10.9 Å². The Balaban J connectivity index is 1.28. The Hall–Kier alpha value is -3.39. The lowest BCUT2D eigenvalue weighted by molar-refractivity contribution is 0.0592. The number of rotatable bonds is 4. The van der Waals surface area contributed by atoms with Crippen molar-refractivity contribution in [3.05, 3.63) is 64.0 Å². The zero-order valence-corrected chi connectivity index (χ0v) is 18.6. The number of ether oxygens (including phenoxy) is 2. The molecule has 0 spiro atoms. The zero-order chi connectivity index (χ0) is 22.2. The molecular formula is C24H22N2O5S. The predicted octanol–water partition coefficient (Wildman–Crippen LogP) is 4.40. The summed E-state index contributed by atoms with van der Waals surface area (Å²) in [7, 11) is 1.51. The van der Waals surface area contributed by atoms with E-state index >= 15 is 0 Å². The molecule has 2 aromatic heterocycles. The number of likely N-dealkylation sites (tertiary alicyclic amines) is 1. The summed E-state index contributed by atoms with van der Waals surface area (Å²) < 4.78 is 17.9. The summed E-state index contributed by atoms with van der Waals surface area (Å²) >= 11 is 1.54. The fraction of sp³-hybridized carbons (Fsp3) is 0.292. The third-order valence-electron chi connectivity index (χ3n) is 5.77. The number of carbonyl (C=O) groups excluding carboxylic acids is 1. The fourth-order valence-corrected chi connectivity index (χ4v) is 4.99. The summed E-state index contributed by atoms with van der Waals surface area (Å²) in [6, 6.07) is 13.0. The number of fused-ring (bicyclic) bond motifs is 2. The normalized spacial score (nSPS) is 14.8. The van der Waals surface area contributed by atoms with Crippen LogP contribution in [-0.4, -0.2) is 42.1 Å². The van der Waals surface area contributed by atoms with Crippen LogP contribution in [0.3, 0.4) is 0 Å². The van der Waals surface area contributed by atoms with Crippen molar-refractivity contribution < 1.29 is 18.7 Å². The smallest absolute Gasteiger partial charge is 0.349 e. The maximum atomic E-state index is 13.0. The Morgan fingerprint density at radius 2 is 1.97 bits per heavy atom. The standard InChI is InChI=1S/C24H22N2O5S/c1-14-5-3-8-19-20(14)25-24(32-19)30-16-9-11-26(12-10-16)22(27)17-13-15-6-4-7-18(29-2)21(15)31-23(17)28/h3-8,13,16H,9-12H2,1-2H3. The van der Waals surface area contributed by atoms with Gasteiger partial charge in [0, 0.05) is 31.3 Å². The van der Waals surface area contributed by atoms with Crippen LogP contribution in [0.2, 0.25) is 0 Å². The van der Waals surface area contributed by atoms with Crippen molar-refractivity contribution in [3.63, 3.8) is 0 Å². The van der Waals surface area contributed by atoms with E-state index in [4.69, 9.17) is 13.9 Å². The number of methoxy groups -OCH3 is 1. The number of para-hydroxylation sites is 2. The van der Waals surface area contributed by atoms with Gasteiger partial charge < -0.3 is 18.8 Å². The molecule has 2 aromatic carbocycles. The maximum Gasteiger partial charge on any atom is 0.349 e. The number of thiazole rings is 1. The molecule has 0 bridgehead atoms. The number of piperidine rings is 1. The minimum absolute atomic E-state index is 0.0165. The van der Waals surface area contributed by atoms with Crippen LogP contribution in [0, 0.1) is 6.92 Å². The van der Waals surface area contributed by atoms with E-state index in [1.54, 1.807) is 29.2 Å². The highest BCUT2D eigenvalue weighted by atomic mass is 32.1. The molecule has 0 unspecified atom stereocenters. The average molecular weight is 451 g/mol. The quantitative estimate of drug-likeness (QED) is 0.429. The van der Waals surface area contributed by atoms with Crippen LogP contribution >= 0.6 is 11.3 Å². The van der Waals surface area contributed by atoms with Gasteiger partial charge in [0.05, 0.1) is 17.3 Å². The number of carbonyl (C=O) groups is 1. The summed E-state index contributed by atoms with van der Waals surface area (Å²) in [6.07, 6.45) is 1.33. The highest BCUT2D eigenvalue weighted by Gasteiger charge is 2.27. The van der Waals surface area contributed by atoms with E-state index in [2.05, 4.69) is 4.98 Å². The molecule has 1 aliphatic heterocycles. The second-order valence-electron chi connectivity index (χ2n) is 7.84. The molecule has 0 radical (unpaired) electrons. The van der Waals surface area contributed by atoms with Gasteiger partial charge in [0.1, 0.15) is 11.7 Å². The van der Waals surface area contributed by atoms with Crippen molar-refractivity contribution in [2.24, 2.45) is 0 Å². The molecule has 1 saturated heterocycles. The maximum absolute atomic E-state index is 13.0. The molecule has 3 heterocycles. The monoisotopic (exact) mass is 450 g/mol.